The number of benzene rings is 4. The van der Waals surface area contributed by atoms with E-state index in [0.717, 1.165) is 27.8 Å². The number of carboxylic acid groups (broad SMARTS) is 1. The van der Waals surface area contributed by atoms with Gasteiger partial charge in [0, 0.05) is 17.4 Å². The Morgan fingerprint density at radius 2 is 1.27 bits per heavy atom. The molecule has 0 saturated carbocycles. The van der Waals surface area contributed by atoms with E-state index in [4.69, 9.17) is 0 Å². The number of anilines is 2. The Morgan fingerprint density at radius 3 is 1.80 bits per heavy atom. The topological polar surface area (TPSA) is 104 Å². The molecule has 0 aromatic heterocycles. The van der Waals surface area contributed by atoms with E-state index in [-0.39, 0.29) is 40.5 Å². The summed E-state index contributed by atoms with van der Waals surface area (Å²) in [7, 11) is 0. The highest BCUT2D eigenvalue weighted by molar-refractivity contribution is 6.24. The van der Waals surface area contributed by atoms with Gasteiger partial charge in [0.1, 0.15) is 0 Å². The van der Waals surface area contributed by atoms with Crippen molar-refractivity contribution in [2.24, 2.45) is 11.8 Å². The molecule has 7 heteroatoms. The van der Waals surface area contributed by atoms with Crippen LogP contribution in [0.25, 0.3) is 0 Å². The molecule has 3 aliphatic carbocycles. The first-order valence-corrected chi connectivity index (χ1v) is 13.2. The van der Waals surface area contributed by atoms with Gasteiger partial charge >= 0.3 is 5.97 Å². The van der Waals surface area contributed by atoms with Crippen molar-refractivity contribution >= 4 is 35.1 Å². The summed E-state index contributed by atoms with van der Waals surface area (Å²) < 4.78 is 0. The molecule has 2 N–H and O–H groups in total. The number of aryl methyl sites for hydroxylation is 1. The normalized spacial score (nSPS) is 22.0. The zero-order chi connectivity index (χ0) is 27.7. The summed E-state index contributed by atoms with van der Waals surface area (Å²) in [6.07, 6.45) is 0. The van der Waals surface area contributed by atoms with E-state index in [1.54, 1.807) is 37.3 Å². The number of hydrogen-bond acceptors (Lipinski definition) is 4. The van der Waals surface area contributed by atoms with E-state index < -0.39 is 23.7 Å². The second kappa shape index (κ2) is 8.74. The van der Waals surface area contributed by atoms with Gasteiger partial charge in [-0.25, -0.2) is 9.69 Å². The zero-order valence-corrected chi connectivity index (χ0v) is 21.5. The summed E-state index contributed by atoms with van der Waals surface area (Å²) in [6, 6.07) is 27.2. The molecule has 4 aromatic rings. The van der Waals surface area contributed by atoms with Crippen molar-refractivity contribution in [2.45, 2.75) is 18.8 Å². The van der Waals surface area contributed by atoms with Crippen molar-refractivity contribution in [2.75, 3.05) is 10.2 Å². The first-order chi connectivity index (χ1) is 19.3. The van der Waals surface area contributed by atoms with Gasteiger partial charge < -0.3 is 10.4 Å². The molecule has 4 aliphatic rings. The van der Waals surface area contributed by atoms with E-state index in [0.29, 0.717) is 5.69 Å². The van der Waals surface area contributed by atoms with Crippen LogP contribution >= 0.6 is 0 Å². The number of nitrogens with one attached hydrogen (secondary N) is 1. The number of hydrogen-bond donors (Lipinski definition) is 2. The van der Waals surface area contributed by atoms with Gasteiger partial charge in [0.2, 0.25) is 11.8 Å². The number of rotatable bonds is 4. The molecule has 1 heterocycles. The summed E-state index contributed by atoms with van der Waals surface area (Å²) in [4.78, 5) is 54.2. The average Bonchev–Trinajstić information content (AvgIpc) is 3.23. The number of amides is 3. The number of carboxylic acids is 1. The lowest BCUT2D eigenvalue weighted by atomic mass is 9.55. The SMILES string of the molecule is Cc1ccc(C(=O)O)c(NC(=O)c2cccc(N3C(=O)[C@H]4C5c6ccccc6C(c6ccccc65)[C@@H]4C3=O)c2)c1. The molecule has 1 aliphatic heterocycles. The van der Waals surface area contributed by atoms with Crippen LogP contribution in [0.1, 0.15) is 60.4 Å². The molecular formula is C33H24N2O5. The van der Waals surface area contributed by atoms with Crippen molar-refractivity contribution in [3.05, 3.63) is 130 Å². The van der Waals surface area contributed by atoms with Crippen LogP contribution in [0.15, 0.2) is 91.0 Å². The minimum absolute atomic E-state index is 0.0290. The highest BCUT2D eigenvalue weighted by Gasteiger charge is 2.61. The minimum Gasteiger partial charge on any atom is -0.478 e. The molecule has 1 fully saturated rings. The van der Waals surface area contributed by atoms with Crippen LogP contribution in [-0.4, -0.2) is 28.8 Å². The maximum atomic E-state index is 14.0. The van der Waals surface area contributed by atoms with Crippen LogP contribution < -0.4 is 10.2 Å². The third-order valence-electron chi connectivity index (χ3n) is 8.47. The van der Waals surface area contributed by atoms with Gasteiger partial charge in [0.25, 0.3) is 5.91 Å². The Balaban J connectivity index is 1.25. The van der Waals surface area contributed by atoms with Gasteiger partial charge in [-0.3, -0.25) is 14.4 Å². The van der Waals surface area contributed by atoms with Crippen LogP contribution in [0.4, 0.5) is 11.4 Å². The van der Waals surface area contributed by atoms with Crippen LogP contribution in [0.3, 0.4) is 0 Å². The smallest absolute Gasteiger partial charge is 0.337 e. The average molecular weight is 529 g/mol. The van der Waals surface area contributed by atoms with Crippen LogP contribution in [0.5, 0.6) is 0 Å². The first kappa shape index (κ1) is 24.0. The van der Waals surface area contributed by atoms with E-state index in [1.807, 2.05) is 24.3 Å². The van der Waals surface area contributed by atoms with Gasteiger partial charge in [-0.05, 0) is 65.1 Å². The minimum atomic E-state index is -1.16. The lowest BCUT2D eigenvalue weighted by molar-refractivity contribution is -0.122. The Morgan fingerprint density at radius 1 is 0.725 bits per heavy atom. The first-order valence-electron chi connectivity index (χ1n) is 13.2. The van der Waals surface area contributed by atoms with E-state index >= 15 is 0 Å². The maximum Gasteiger partial charge on any atom is 0.337 e. The maximum absolute atomic E-state index is 14.0. The lowest BCUT2D eigenvalue weighted by Crippen LogP contribution is -2.41. The Hall–Kier alpha value is -5.04. The van der Waals surface area contributed by atoms with E-state index in [9.17, 15) is 24.3 Å². The summed E-state index contributed by atoms with van der Waals surface area (Å²) in [5, 5.41) is 12.2. The molecule has 2 bridgehead atoms. The van der Waals surface area contributed by atoms with Gasteiger partial charge in [-0.15, -0.1) is 0 Å². The van der Waals surface area contributed by atoms with Crippen LogP contribution in [0.2, 0.25) is 0 Å². The van der Waals surface area contributed by atoms with Crippen LogP contribution in [0, 0.1) is 18.8 Å². The summed E-state index contributed by atoms with van der Waals surface area (Å²) in [6.45, 7) is 1.80. The summed E-state index contributed by atoms with van der Waals surface area (Å²) in [5.41, 5.74) is 5.85. The second-order valence-corrected chi connectivity index (χ2v) is 10.6. The number of aromatic carboxylic acids is 1. The van der Waals surface area contributed by atoms with E-state index in [1.165, 1.54) is 17.0 Å². The quantitative estimate of drug-likeness (QED) is 0.348. The fraction of sp³-hybridized carbons (Fsp3) is 0.152. The third kappa shape index (κ3) is 3.37. The Labute approximate surface area is 230 Å². The van der Waals surface area contributed by atoms with Gasteiger partial charge in [0.15, 0.2) is 0 Å². The predicted octanol–water partition coefficient (Wildman–Crippen LogP) is 5.34. The monoisotopic (exact) mass is 528 g/mol. The van der Waals surface area contributed by atoms with Crippen molar-refractivity contribution in [1.82, 2.24) is 0 Å². The predicted molar refractivity (Wildman–Crippen MR) is 149 cm³/mol. The number of imide groups is 1. The second-order valence-electron chi connectivity index (χ2n) is 10.6. The van der Waals surface area contributed by atoms with Crippen molar-refractivity contribution < 1.29 is 24.3 Å². The lowest BCUT2D eigenvalue weighted by Gasteiger charge is -2.45. The number of carbonyl (C=O) groups excluding carboxylic acids is 3. The van der Waals surface area contributed by atoms with Crippen molar-refractivity contribution in [3.63, 3.8) is 0 Å². The molecule has 7 nitrogen and oxygen atoms in total. The van der Waals surface area contributed by atoms with Gasteiger partial charge in [-0.2, -0.15) is 0 Å². The highest BCUT2D eigenvalue weighted by atomic mass is 16.4. The summed E-state index contributed by atoms with van der Waals surface area (Å²) >= 11 is 0. The molecule has 196 valence electrons. The number of carbonyl (C=O) groups is 4. The fourth-order valence-electron chi connectivity index (χ4n) is 6.86. The van der Waals surface area contributed by atoms with Gasteiger partial charge in [0.05, 0.1) is 28.8 Å². The Bertz CT molecular complexity index is 1660. The molecule has 3 amide bonds. The summed E-state index contributed by atoms with van der Waals surface area (Å²) in [5.74, 6) is -3.70. The largest absolute Gasteiger partial charge is 0.478 e. The zero-order valence-electron chi connectivity index (χ0n) is 21.5. The molecule has 0 unspecified atom stereocenters. The van der Waals surface area contributed by atoms with Crippen LogP contribution in [-0.2, 0) is 9.59 Å². The van der Waals surface area contributed by atoms with Crippen molar-refractivity contribution in [3.8, 4) is 0 Å². The molecule has 2 atom stereocenters. The van der Waals surface area contributed by atoms with E-state index in [2.05, 4.69) is 29.6 Å². The standard InChI is InChI=1S/C33H24N2O5/c1-17-13-14-24(33(39)40)25(15-17)34-30(36)18-7-6-8-19(16-18)35-31(37)28-26-20-9-2-3-10-21(20)27(29(28)32(35)38)23-12-5-4-11-22(23)26/h2-16,26-29H,1H3,(H,34,36)(H,39,40)/t26?,27?,28-,29-/m0/s1. The molecular weight excluding hydrogens is 504 g/mol. The molecule has 40 heavy (non-hydrogen) atoms. The molecule has 1 saturated heterocycles. The molecule has 0 spiro atoms. The Kier molecular flexibility index (Phi) is 5.25. The highest BCUT2D eigenvalue weighted by Crippen LogP contribution is 2.61. The van der Waals surface area contributed by atoms with Crippen molar-refractivity contribution in [1.29, 1.82) is 0 Å². The molecule has 0 radical (unpaired) electrons. The molecule has 4 aromatic carbocycles. The molecule has 8 rings (SSSR count). The number of nitrogens with zero attached hydrogens (tertiary/aromatic N) is 1. The van der Waals surface area contributed by atoms with Gasteiger partial charge in [-0.1, -0.05) is 60.7 Å². The third-order valence-corrected chi connectivity index (χ3v) is 8.47. The fourth-order valence-corrected chi connectivity index (χ4v) is 6.86.